The summed E-state index contributed by atoms with van der Waals surface area (Å²) in [6.45, 7) is 5.43. The molecule has 0 heterocycles. The zero-order valence-corrected chi connectivity index (χ0v) is 16.2. The highest BCUT2D eigenvalue weighted by molar-refractivity contribution is 9.10. The van der Waals surface area contributed by atoms with Crippen LogP contribution in [0.15, 0.2) is 22.7 Å². The van der Waals surface area contributed by atoms with Crippen molar-refractivity contribution >= 4 is 39.5 Å². The topological polar surface area (TPSA) is 90.6 Å². The maximum absolute atomic E-state index is 11.9. The van der Waals surface area contributed by atoms with Gasteiger partial charge in [0.1, 0.15) is 18.0 Å². The number of hydrogen-bond acceptors (Lipinski definition) is 4. The zero-order chi connectivity index (χ0) is 18.3. The Bertz CT molecular complexity index is 590. The molecule has 1 aromatic rings. The lowest BCUT2D eigenvalue weighted by molar-refractivity contribution is -0.118. The summed E-state index contributed by atoms with van der Waals surface area (Å²) in [5.74, 6) is 0.0209. The van der Waals surface area contributed by atoms with Crippen LogP contribution in [0.3, 0.4) is 0 Å². The number of amides is 2. The van der Waals surface area contributed by atoms with E-state index in [0.29, 0.717) is 21.7 Å². The highest BCUT2D eigenvalue weighted by Crippen LogP contribution is 2.31. The Hall–Kier alpha value is -1.47. The highest BCUT2D eigenvalue weighted by atomic mass is 79.9. The molecular weight excluding hydrogens is 400 g/mol. The molecule has 0 aliphatic carbocycles. The molecule has 0 radical (unpaired) electrons. The predicted octanol–water partition coefficient (Wildman–Crippen LogP) is 3.64. The monoisotopic (exact) mass is 420 g/mol. The molecule has 6 nitrogen and oxygen atoms in total. The molecule has 0 spiro atoms. The van der Waals surface area contributed by atoms with Crippen LogP contribution in [0.1, 0.15) is 33.6 Å². The van der Waals surface area contributed by atoms with Crippen LogP contribution in [0.5, 0.6) is 5.75 Å². The molecule has 8 heteroatoms. The molecule has 0 unspecified atom stereocenters. The van der Waals surface area contributed by atoms with Crippen LogP contribution in [0.2, 0.25) is 5.02 Å². The first-order valence-electron chi connectivity index (χ1n) is 7.43. The maximum Gasteiger partial charge on any atom is 0.407 e. The molecule has 0 bridgehead atoms. The van der Waals surface area contributed by atoms with Crippen LogP contribution in [0.25, 0.3) is 0 Å². The number of benzene rings is 1. The Kier molecular flexibility index (Phi) is 7.83. The zero-order valence-electron chi connectivity index (χ0n) is 13.9. The fourth-order valence-corrected chi connectivity index (χ4v) is 2.30. The van der Waals surface area contributed by atoms with E-state index in [1.165, 1.54) is 0 Å². The van der Waals surface area contributed by atoms with Gasteiger partial charge in [0, 0.05) is 10.9 Å². The molecule has 134 valence electrons. The van der Waals surface area contributed by atoms with Crippen LogP contribution in [0.4, 0.5) is 4.79 Å². The number of nitrogens with two attached hydrogens (primary N) is 1. The first-order chi connectivity index (χ1) is 11.1. The minimum absolute atomic E-state index is 0.121. The van der Waals surface area contributed by atoms with E-state index in [1.807, 2.05) is 0 Å². The average Bonchev–Trinajstić information content (AvgIpc) is 2.43. The van der Waals surface area contributed by atoms with Gasteiger partial charge in [0.25, 0.3) is 0 Å². The molecule has 3 N–H and O–H groups in total. The summed E-state index contributed by atoms with van der Waals surface area (Å²) in [4.78, 5) is 22.9. The lowest BCUT2D eigenvalue weighted by Gasteiger charge is -2.24. The van der Waals surface area contributed by atoms with E-state index in [0.717, 1.165) is 0 Å². The summed E-state index contributed by atoms with van der Waals surface area (Å²) in [7, 11) is 0. The normalized spacial score (nSPS) is 12.4. The molecule has 0 aliphatic rings. The van der Waals surface area contributed by atoms with Crippen molar-refractivity contribution in [3.8, 4) is 5.75 Å². The first kappa shape index (κ1) is 20.6. The second-order valence-electron chi connectivity index (χ2n) is 6.21. The quantitative estimate of drug-likeness (QED) is 0.703. The van der Waals surface area contributed by atoms with E-state index in [-0.39, 0.29) is 13.0 Å². The number of rotatable bonds is 7. The fourth-order valence-electron chi connectivity index (χ4n) is 1.77. The van der Waals surface area contributed by atoms with Crippen molar-refractivity contribution in [2.75, 3.05) is 6.61 Å². The van der Waals surface area contributed by atoms with Crippen molar-refractivity contribution < 1.29 is 19.1 Å². The molecule has 0 saturated heterocycles. The van der Waals surface area contributed by atoms with Gasteiger partial charge in [0.15, 0.2) is 0 Å². The van der Waals surface area contributed by atoms with E-state index < -0.39 is 23.6 Å². The van der Waals surface area contributed by atoms with Gasteiger partial charge in [0.05, 0.1) is 11.1 Å². The van der Waals surface area contributed by atoms with Gasteiger partial charge in [-0.3, -0.25) is 4.79 Å². The third-order valence-corrected chi connectivity index (χ3v) is 4.10. The number of carbonyl (C=O) groups is 2. The fraction of sp³-hybridized carbons (Fsp3) is 0.500. The van der Waals surface area contributed by atoms with Crippen molar-refractivity contribution in [2.24, 2.45) is 5.73 Å². The minimum atomic E-state index is -0.618. The predicted molar refractivity (Wildman–Crippen MR) is 96.2 cm³/mol. The summed E-state index contributed by atoms with van der Waals surface area (Å²) in [6, 6.07) is 4.84. The summed E-state index contributed by atoms with van der Waals surface area (Å²) in [5, 5.41) is 3.12. The van der Waals surface area contributed by atoms with Gasteiger partial charge in [-0.15, -0.1) is 0 Å². The summed E-state index contributed by atoms with van der Waals surface area (Å²) in [6.07, 6.45) is -0.128. The van der Waals surface area contributed by atoms with Crippen LogP contribution in [0, 0.1) is 0 Å². The average molecular weight is 422 g/mol. The van der Waals surface area contributed by atoms with Crippen LogP contribution >= 0.6 is 27.5 Å². The Morgan fingerprint density at radius 2 is 2.04 bits per heavy atom. The number of carbonyl (C=O) groups excluding carboxylic acids is 2. The Morgan fingerprint density at radius 3 is 2.62 bits per heavy atom. The molecular formula is C16H22BrClN2O4. The maximum atomic E-state index is 11.9. The van der Waals surface area contributed by atoms with Gasteiger partial charge in [0.2, 0.25) is 5.91 Å². The molecule has 0 saturated carbocycles. The van der Waals surface area contributed by atoms with Crippen molar-refractivity contribution in [3.63, 3.8) is 0 Å². The lowest BCUT2D eigenvalue weighted by Crippen LogP contribution is -2.42. The minimum Gasteiger partial charge on any atom is -0.490 e. The van der Waals surface area contributed by atoms with E-state index >= 15 is 0 Å². The smallest absolute Gasteiger partial charge is 0.407 e. The third-order valence-electron chi connectivity index (χ3n) is 2.82. The van der Waals surface area contributed by atoms with Gasteiger partial charge in [-0.25, -0.2) is 4.79 Å². The highest BCUT2D eigenvalue weighted by Gasteiger charge is 2.20. The number of nitrogens with one attached hydrogen (secondary N) is 1. The molecule has 2 amide bonds. The number of ether oxygens (including phenoxy) is 2. The molecule has 0 fully saturated rings. The first-order valence-corrected chi connectivity index (χ1v) is 8.60. The second-order valence-corrected chi connectivity index (χ2v) is 7.44. The SMILES string of the molecule is CC(C)(C)OC(=O)N[C@@H](CCC(N)=O)COc1cccc(Br)c1Cl. The van der Waals surface area contributed by atoms with E-state index in [4.69, 9.17) is 26.8 Å². The molecule has 24 heavy (non-hydrogen) atoms. The Morgan fingerprint density at radius 1 is 1.38 bits per heavy atom. The van der Waals surface area contributed by atoms with Gasteiger partial charge < -0.3 is 20.5 Å². The van der Waals surface area contributed by atoms with Crippen molar-refractivity contribution in [3.05, 3.63) is 27.7 Å². The van der Waals surface area contributed by atoms with E-state index in [9.17, 15) is 9.59 Å². The third kappa shape index (κ3) is 7.88. The number of halogens is 2. The van der Waals surface area contributed by atoms with E-state index in [1.54, 1.807) is 39.0 Å². The Balaban J connectivity index is 2.69. The number of primary amides is 1. The van der Waals surface area contributed by atoms with Crippen LogP contribution < -0.4 is 15.8 Å². The van der Waals surface area contributed by atoms with Gasteiger partial charge in [-0.2, -0.15) is 0 Å². The molecule has 1 rings (SSSR count). The van der Waals surface area contributed by atoms with Gasteiger partial charge in [-0.05, 0) is 55.3 Å². The molecule has 0 aliphatic heterocycles. The number of alkyl carbamates (subject to hydrolysis) is 1. The Labute approximate surface area is 155 Å². The second kappa shape index (κ2) is 9.13. The van der Waals surface area contributed by atoms with Gasteiger partial charge >= 0.3 is 6.09 Å². The standard InChI is InChI=1S/C16H22BrClN2O4/c1-16(2,3)24-15(22)20-10(7-8-13(19)21)9-23-12-6-4-5-11(17)14(12)18/h4-6,10H,7-9H2,1-3H3,(H2,19,21)(H,20,22)/t10-/m0/s1. The summed E-state index contributed by atoms with van der Waals surface area (Å²) >= 11 is 9.45. The van der Waals surface area contributed by atoms with Crippen molar-refractivity contribution in [2.45, 2.75) is 45.3 Å². The molecule has 1 atom stereocenters. The van der Waals surface area contributed by atoms with Crippen molar-refractivity contribution in [1.82, 2.24) is 5.32 Å². The van der Waals surface area contributed by atoms with E-state index in [2.05, 4.69) is 21.2 Å². The van der Waals surface area contributed by atoms with Crippen molar-refractivity contribution in [1.29, 1.82) is 0 Å². The summed E-state index contributed by atoms with van der Waals surface area (Å²) < 4.78 is 11.6. The molecule has 0 aromatic heterocycles. The number of hydrogen-bond donors (Lipinski definition) is 2. The van der Waals surface area contributed by atoms with Gasteiger partial charge in [-0.1, -0.05) is 17.7 Å². The lowest BCUT2D eigenvalue weighted by atomic mass is 10.1. The largest absolute Gasteiger partial charge is 0.490 e. The molecule has 1 aromatic carbocycles. The summed E-state index contributed by atoms with van der Waals surface area (Å²) in [5.41, 5.74) is 4.56. The van der Waals surface area contributed by atoms with Crippen LogP contribution in [-0.4, -0.2) is 30.3 Å². The van der Waals surface area contributed by atoms with Crippen LogP contribution in [-0.2, 0) is 9.53 Å².